The molecule has 25 heavy (non-hydrogen) atoms. The molecule has 2 amide bonds. The highest BCUT2D eigenvalue weighted by molar-refractivity contribution is 5.98. The van der Waals surface area contributed by atoms with E-state index in [1.807, 2.05) is 4.90 Å². The molecule has 1 aliphatic heterocycles. The second-order valence-electron chi connectivity index (χ2n) is 7.08. The zero-order valence-electron chi connectivity index (χ0n) is 14.5. The van der Waals surface area contributed by atoms with E-state index in [0.29, 0.717) is 5.56 Å². The highest BCUT2D eigenvalue weighted by Gasteiger charge is 2.33. The normalized spacial score (nSPS) is 24.8. The van der Waals surface area contributed by atoms with Gasteiger partial charge in [0.2, 0.25) is 5.91 Å². The number of nitrogens with zero attached hydrogens (tertiary/aromatic N) is 2. The van der Waals surface area contributed by atoms with Crippen LogP contribution in [0.4, 0.5) is 5.82 Å². The summed E-state index contributed by atoms with van der Waals surface area (Å²) in [6, 6.07) is 3.06. The van der Waals surface area contributed by atoms with Crippen molar-refractivity contribution in [3.05, 3.63) is 23.9 Å². The Hall–Kier alpha value is -2.15. The van der Waals surface area contributed by atoms with Gasteiger partial charge in [-0.05, 0) is 56.6 Å². The van der Waals surface area contributed by atoms with Crippen LogP contribution in [0, 0.1) is 5.92 Å². The standard InChI is InChI=1S/C18H27N5O2/c19-15(18(25)23-10-1-2-11-23)12-5-7-13(8-6-12)22-17(24)14-4-3-9-21-16(14)20/h3-4,9,12-13,15H,1-2,5-8,10-11,19H2,(H2,20,21)(H,22,24)/t12-,13-,15?. The van der Waals surface area contributed by atoms with Crippen molar-refractivity contribution >= 4 is 17.6 Å². The first-order chi connectivity index (χ1) is 12.1. The van der Waals surface area contributed by atoms with Crippen LogP contribution in [0.25, 0.3) is 0 Å². The molecular weight excluding hydrogens is 318 g/mol. The number of nitrogen functional groups attached to an aromatic ring is 1. The summed E-state index contributed by atoms with van der Waals surface area (Å²) in [6.45, 7) is 1.68. The minimum absolute atomic E-state index is 0.0909. The Morgan fingerprint density at radius 3 is 2.52 bits per heavy atom. The van der Waals surface area contributed by atoms with Gasteiger partial charge in [-0.25, -0.2) is 4.98 Å². The number of hydrogen-bond acceptors (Lipinski definition) is 5. The average Bonchev–Trinajstić information content (AvgIpc) is 3.16. The highest BCUT2D eigenvalue weighted by Crippen LogP contribution is 2.28. The van der Waals surface area contributed by atoms with Crippen LogP contribution in [0.3, 0.4) is 0 Å². The van der Waals surface area contributed by atoms with Crippen LogP contribution in [0.2, 0.25) is 0 Å². The van der Waals surface area contributed by atoms with Crippen molar-refractivity contribution in [1.29, 1.82) is 0 Å². The maximum absolute atomic E-state index is 12.4. The molecule has 2 aliphatic rings. The van der Waals surface area contributed by atoms with E-state index in [4.69, 9.17) is 11.5 Å². The molecule has 2 heterocycles. The highest BCUT2D eigenvalue weighted by atomic mass is 16.2. The number of amides is 2. The van der Waals surface area contributed by atoms with E-state index in [1.54, 1.807) is 18.3 Å². The van der Waals surface area contributed by atoms with E-state index in [0.717, 1.165) is 51.6 Å². The Labute approximate surface area is 148 Å². The van der Waals surface area contributed by atoms with E-state index in [1.165, 1.54) is 0 Å². The third kappa shape index (κ3) is 4.10. The molecule has 1 aromatic heterocycles. The Kier molecular flexibility index (Phi) is 5.53. The molecule has 7 nitrogen and oxygen atoms in total. The Balaban J connectivity index is 1.49. The van der Waals surface area contributed by atoms with Crippen LogP contribution in [0.5, 0.6) is 0 Å². The van der Waals surface area contributed by atoms with Gasteiger partial charge in [-0.15, -0.1) is 0 Å². The van der Waals surface area contributed by atoms with Crippen LogP contribution in [-0.2, 0) is 4.79 Å². The summed E-state index contributed by atoms with van der Waals surface area (Å²) >= 11 is 0. The fourth-order valence-electron chi connectivity index (χ4n) is 3.85. The van der Waals surface area contributed by atoms with Crippen molar-refractivity contribution in [3.63, 3.8) is 0 Å². The molecule has 0 aromatic carbocycles. The quantitative estimate of drug-likeness (QED) is 0.750. The second-order valence-corrected chi connectivity index (χ2v) is 7.08. The smallest absolute Gasteiger partial charge is 0.255 e. The van der Waals surface area contributed by atoms with Crippen molar-refractivity contribution < 1.29 is 9.59 Å². The third-order valence-electron chi connectivity index (χ3n) is 5.40. The van der Waals surface area contributed by atoms with E-state index in [9.17, 15) is 9.59 Å². The first-order valence-corrected chi connectivity index (χ1v) is 9.12. The van der Waals surface area contributed by atoms with Gasteiger partial charge in [-0.3, -0.25) is 9.59 Å². The van der Waals surface area contributed by atoms with Gasteiger partial charge in [-0.2, -0.15) is 0 Å². The summed E-state index contributed by atoms with van der Waals surface area (Å²) in [5.74, 6) is 0.344. The molecule has 1 aliphatic carbocycles. The van der Waals surface area contributed by atoms with E-state index in [2.05, 4.69) is 10.3 Å². The zero-order valence-corrected chi connectivity index (χ0v) is 14.5. The summed E-state index contributed by atoms with van der Waals surface area (Å²) in [6.07, 6.45) is 7.09. The van der Waals surface area contributed by atoms with E-state index < -0.39 is 6.04 Å². The lowest BCUT2D eigenvalue weighted by Crippen LogP contribution is -2.49. The van der Waals surface area contributed by atoms with E-state index in [-0.39, 0.29) is 29.6 Å². The van der Waals surface area contributed by atoms with Gasteiger partial charge in [-0.1, -0.05) is 0 Å². The van der Waals surface area contributed by atoms with Gasteiger partial charge >= 0.3 is 0 Å². The largest absolute Gasteiger partial charge is 0.383 e. The predicted molar refractivity (Wildman–Crippen MR) is 95.7 cm³/mol. The molecule has 1 saturated carbocycles. The maximum atomic E-state index is 12.4. The predicted octanol–water partition coefficient (Wildman–Crippen LogP) is 0.902. The van der Waals surface area contributed by atoms with Crippen molar-refractivity contribution in [2.75, 3.05) is 18.8 Å². The minimum Gasteiger partial charge on any atom is -0.383 e. The minimum atomic E-state index is -0.413. The lowest BCUT2D eigenvalue weighted by Gasteiger charge is -2.33. The van der Waals surface area contributed by atoms with Crippen molar-refractivity contribution in [2.45, 2.75) is 50.6 Å². The fourth-order valence-corrected chi connectivity index (χ4v) is 3.85. The number of anilines is 1. The molecule has 1 aromatic rings. The average molecular weight is 345 g/mol. The van der Waals surface area contributed by atoms with Gasteiger partial charge in [0.25, 0.3) is 5.91 Å². The monoisotopic (exact) mass is 345 g/mol. The summed E-state index contributed by atoms with van der Waals surface area (Å²) in [5, 5.41) is 3.02. The molecule has 3 rings (SSSR count). The topological polar surface area (TPSA) is 114 Å². The third-order valence-corrected chi connectivity index (χ3v) is 5.40. The number of aromatic nitrogens is 1. The summed E-state index contributed by atoms with van der Waals surface area (Å²) in [7, 11) is 0. The Morgan fingerprint density at radius 1 is 1.20 bits per heavy atom. The summed E-state index contributed by atoms with van der Waals surface area (Å²) < 4.78 is 0. The number of carbonyl (C=O) groups excluding carboxylic acids is 2. The van der Waals surface area contributed by atoms with Crippen molar-refractivity contribution in [1.82, 2.24) is 15.2 Å². The van der Waals surface area contributed by atoms with Gasteiger partial charge in [0.15, 0.2) is 0 Å². The zero-order chi connectivity index (χ0) is 17.8. The van der Waals surface area contributed by atoms with Gasteiger partial charge < -0.3 is 21.7 Å². The first kappa shape index (κ1) is 17.7. The number of nitrogens with one attached hydrogen (secondary N) is 1. The Morgan fingerprint density at radius 2 is 1.88 bits per heavy atom. The van der Waals surface area contributed by atoms with Gasteiger partial charge in [0.05, 0.1) is 11.6 Å². The first-order valence-electron chi connectivity index (χ1n) is 9.12. The number of hydrogen-bond donors (Lipinski definition) is 3. The van der Waals surface area contributed by atoms with E-state index >= 15 is 0 Å². The van der Waals surface area contributed by atoms with Crippen LogP contribution in [-0.4, -0.2) is 46.9 Å². The van der Waals surface area contributed by atoms with Crippen molar-refractivity contribution in [2.24, 2.45) is 11.7 Å². The van der Waals surface area contributed by atoms with Crippen LogP contribution in [0.1, 0.15) is 48.9 Å². The fraction of sp³-hybridized carbons (Fsp3) is 0.611. The molecule has 5 N–H and O–H groups in total. The van der Waals surface area contributed by atoms with Gasteiger partial charge in [0, 0.05) is 25.3 Å². The van der Waals surface area contributed by atoms with Crippen molar-refractivity contribution in [3.8, 4) is 0 Å². The lowest BCUT2D eigenvalue weighted by molar-refractivity contribution is -0.133. The number of nitrogens with two attached hydrogens (primary N) is 2. The molecule has 0 radical (unpaired) electrons. The van der Waals surface area contributed by atoms with Crippen LogP contribution < -0.4 is 16.8 Å². The second kappa shape index (κ2) is 7.82. The number of pyridine rings is 1. The SMILES string of the molecule is Nc1ncccc1C(=O)N[C@H]1CC[C@H](C(N)C(=O)N2CCCC2)CC1. The van der Waals surface area contributed by atoms with Crippen LogP contribution >= 0.6 is 0 Å². The summed E-state index contributed by atoms with van der Waals surface area (Å²) in [4.78, 5) is 30.6. The molecular formula is C18H27N5O2. The molecule has 1 saturated heterocycles. The number of carbonyl (C=O) groups is 2. The van der Waals surface area contributed by atoms with Crippen LogP contribution in [0.15, 0.2) is 18.3 Å². The number of likely N-dealkylation sites (tertiary alicyclic amines) is 1. The summed E-state index contributed by atoms with van der Waals surface area (Å²) in [5.41, 5.74) is 12.4. The number of rotatable bonds is 4. The van der Waals surface area contributed by atoms with Gasteiger partial charge in [0.1, 0.15) is 5.82 Å². The molecule has 0 bridgehead atoms. The molecule has 1 atom stereocenters. The lowest BCUT2D eigenvalue weighted by atomic mass is 9.81. The molecule has 2 fully saturated rings. The maximum Gasteiger partial charge on any atom is 0.255 e. The molecule has 1 unspecified atom stereocenters. The molecule has 7 heteroatoms. The molecule has 0 spiro atoms. The molecule has 136 valence electrons. The Bertz CT molecular complexity index is 622.